The summed E-state index contributed by atoms with van der Waals surface area (Å²) in [5.74, 6) is -0.771. The predicted octanol–water partition coefficient (Wildman–Crippen LogP) is 3.11. The van der Waals surface area contributed by atoms with E-state index in [-0.39, 0.29) is 32.0 Å². The fraction of sp³-hybridized carbons (Fsp3) is 0.586. The number of unbranched alkanes of at least 4 members (excludes halogenated alkanes) is 1. The minimum atomic E-state index is -1.12. The summed E-state index contributed by atoms with van der Waals surface area (Å²) in [4.78, 5) is 51.8. The van der Waals surface area contributed by atoms with Crippen molar-refractivity contribution in [2.24, 2.45) is 0 Å². The highest BCUT2D eigenvalue weighted by atomic mass is 32.1. The molecule has 0 unspecified atom stereocenters. The van der Waals surface area contributed by atoms with E-state index in [0.717, 1.165) is 15.6 Å². The molecule has 1 aromatic carbocycles. The standard InChI is InChI=1S/C29H46N6O7S/c1-6-30-28(38)33-34(5)18-25(36)32-23(14-11-12-16-31-29(39)40)26(37)35(20(4)27(41-7-2)42-8-3)17-21-19-43-24-15-10-9-13-22(21)24/h9-10,13,15,19-20,23,27,31H,6-8,11-12,14,16-18H2,1-5H3,(H,32,36)(H,39,40)(H2,30,33,38)/t20-,23-/m0/s1. The van der Waals surface area contributed by atoms with Gasteiger partial charge in [0, 0.05) is 44.6 Å². The van der Waals surface area contributed by atoms with E-state index < -0.39 is 36.4 Å². The van der Waals surface area contributed by atoms with Gasteiger partial charge in [-0.05, 0) is 69.4 Å². The number of amides is 5. The number of likely N-dealkylation sites (N-methyl/N-ethyl adjacent to an activating group) is 1. The first-order valence-electron chi connectivity index (χ1n) is 14.6. The number of carboxylic acid groups (broad SMARTS) is 1. The molecule has 0 bridgehead atoms. The van der Waals surface area contributed by atoms with Crippen molar-refractivity contribution >= 4 is 45.4 Å². The lowest BCUT2D eigenvalue weighted by Gasteiger charge is -2.36. The van der Waals surface area contributed by atoms with Gasteiger partial charge >= 0.3 is 12.1 Å². The first-order valence-corrected chi connectivity index (χ1v) is 15.5. The fourth-order valence-corrected chi connectivity index (χ4v) is 5.51. The molecule has 0 aliphatic heterocycles. The van der Waals surface area contributed by atoms with Crippen molar-refractivity contribution in [2.45, 2.75) is 71.9 Å². The van der Waals surface area contributed by atoms with E-state index in [1.807, 2.05) is 50.4 Å². The molecule has 5 amide bonds. The van der Waals surface area contributed by atoms with Crippen LogP contribution < -0.4 is 21.4 Å². The topological polar surface area (TPSA) is 162 Å². The molecule has 0 spiro atoms. The van der Waals surface area contributed by atoms with E-state index in [4.69, 9.17) is 14.6 Å². The van der Waals surface area contributed by atoms with Crippen LogP contribution >= 0.6 is 11.3 Å². The van der Waals surface area contributed by atoms with Crippen LogP contribution in [0.1, 0.15) is 52.5 Å². The molecule has 240 valence electrons. The number of fused-ring (bicyclic) bond motifs is 1. The van der Waals surface area contributed by atoms with E-state index in [9.17, 15) is 19.2 Å². The van der Waals surface area contributed by atoms with Gasteiger partial charge in [-0.3, -0.25) is 15.0 Å². The number of rotatable bonds is 19. The fourth-order valence-electron chi connectivity index (χ4n) is 4.56. The quantitative estimate of drug-likeness (QED) is 0.0907. The molecule has 43 heavy (non-hydrogen) atoms. The molecule has 14 heteroatoms. The minimum Gasteiger partial charge on any atom is -0.465 e. The van der Waals surface area contributed by atoms with Crippen molar-refractivity contribution in [3.8, 4) is 0 Å². The average Bonchev–Trinajstić information content (AvgIpc) is 3.36. The maximum absolute atomic E-state index is 14.3. The highest BCUT2D eigenvalue weighted by molar-refractivity contribution is 7.17. The van der Waals surface area contributed by atoms with Crippen molar-refractivity contribution in [3.63, 3.8) is 0 Å². The minimum absolute atomic E-state index is 0.188. The SMILES string of the molecule is CCNC(=O)NN(C)CC(=O)N[C@@H](CCCCNC(=O)O)C(=O)N(Cc1csc2ccccc12)[C@@H](C)C(OCC)OCC. The van der Waals surface area contributed by atoms with Crippen molar-refractivity contribution in [2.75, 3.05) is 39.9 Å². The van der Waals surface area contributed by atoms with E-state index >= 15 is 0 Å². The summed E-state index contributed by atoms with van der Waals surface area (Å²) >= 11 is 1.59. The first-order chi connectivity index (χ1) is 20.6. The van der Waals surface area contributed by atoms with Crippen LogP contribution in [0.2, 0.25) is 0 Å². The zero-order valence-corrected chi connectivity index (χ0v) is 26.5. The molecule has 13 nitrogen and oxygen atoms in total. The van der Waals surface area contributed by atoms with Crippen LogP contribution in [0.3, 0.4) is 0 Å². The number of carbonyl (C=O) groups is 4. The van der Waals surface area contributed by atoms with Crippen LogP contribution in [-0.4, -0.2) is 97.2 Å². The highest BCUT2D eigenvalue weighted by Gasteiger charge is 2.34. The zero-order valence-electron chi connectivity index (χ0n) is 25.7. The molecular formula is C29H46N6O7S. The highest BCUT2D eigenvalue weighted by Crippen LogP contribution is 2.28. The summed E-state index contributed by atoms with van der Waals surface area (Å²) in [7, 11) is 1.55. The van der Waals surface area contributed by atoms with Gasteiger partial charge in [-0.25, -0.2) is 14.6 Å². The Morgan fingerprint density at radius 2 is 1.72 bits per heavy atom. The number of urea groups is 1. The normalized spacial score (nSPS) is 12.6. The maximum atomic E-state index is 14.3. The molecule has 0 aliphatic rings. The van der Waals surface area contributed by atoms with Crippen LogP contribution in [0, 0.1) is 0 Å². The van der Waals surface area contributed by atoms with Gasteiger partial charge in [-0.2, -0.15) is 0 Å². The molecule has 0 fully saturated rings. The Morgan fingerprint density at radius 1 is 1.02 bits per heavy atom. The lowest BCUT2D eigenvalue weighted by Crippen LogP contribution is -2.56. The summed E-state index contributed by atoms with van der Waals surface area (Å²) in [6.45, 7) is 8.87. The second kappa shape index (κ2) is 18.9. The Balaban J connectivity index is 2.33. The third-order valence-corrected chi connectivity index (χ3v) is 7.58. The third-order valence-electron chi connectivity index (χ3n) is 6.57. The largest absolute Gasteiger partial charge is 0.465 e. The molecule has 0 aliphatic carbocycles. The molecular weight excluding hydrogens is 576 g/mol. The molecule has 2 atom stereocenters. The van der Waals surface area contributed by atoms with Gasteiger partial charge in [0.2, 0.25) is 11.8 Å². The monoisotopic (exact) mass is 622 g/mol. The van der Waals surface area contributed by atoms with E-state index in [2.05, 4.69) is 21.4 Å². The van der Waals surface area contributed by atoms with E-state index in [1.54, 1.807) is 30.2 Å². The summed E-state index contributed by atoms with van der Waals surface area (Å²) < 4.78 is 12.8. The Hall–Kier alpha value is -3.46. The Kier molecular flexibility index (Phi) is 15.7. The third kappa shape index (κ3) is 12.0. The van der Waals surface area contributed by atoms with Gasteiger partial charge in [0.15, 0.2) is 6.29 Å². The smallest absolute Gasteiger partial charge is 0.404 e. The van der Waals surface area contributed by atoms with Crippen molar-refractivity contribution in [3.05, 3.63) is 35.2 Å². The van der Waals surface area contributed by atoms with Crippen LogP contribution in [0.4, 0.5) is 9.59 Å². The summed E-state index contributed by atoms with van der Waals surface area (Å²) in [5, 5.41) is 21.1. The number of hydrogen-bond acceptors (Lipinski definition) is 8. The van der Waals surface area contributed by atoms with E-state index in [0.29, 0.717) is 32.6 Å². The van der Waals surface area contributed by atoms with Crippen molar-refractivity contribution in [1.82, 2.24) is 31.3 Å². The number of thiophene rings is 1. The lowest BCUT2D eigenvalue weighted by molar-refractivity contribution is -0.179. The number of hydrazine groups is 1. The van der Waals surface area contributed by atoms with Gasteiger partial charge in [-0.1, -0.05) is 18.2 Å². The molecule has 5 N–H and O–H groups in total. The number of nitrogens with one attached hydrogen (secondary N) is 4. The van der Waals surface area contributed by atoms with Gasteiger partial charge in [0.1, 0.15) is 6.04 Å². The molecule has 0 radical (unpaired) electrons. The average molecular weight is 623 g/mol. The number of nitrogens with zero attached hydrogens (tertiary/aromatic N) is 2. The van der Waals surface area contributed by atoms with Crippen molar-refractivity contribution in [1.29, 1.82) is 0 Å². The Labute approximate surface area is 257 Å². The number of benzene rings is 1. The van der Waals surface area contributed by atoms with Crippen LogP contribution in [0.5, 0.6) is 0 Å². The Bertz CT molecular complexity index is 1170. The second-order valence-corrected chi connectivity index (χ2v) is 10.8. The van der Waals surface area contributed by atoms with Gasteiger partial charge < -0.3 is 35.4 Å². The zero-order chi connectivity index (χ0) is 31.8. The lowest BCUT2D eigenvalue weighted by atomic mass is 10.0. The maximum Gasteiger partial charge on any atom is 0.404 e. The summed E-state index contributed by atoms with van der Waals surface area (Å²) in [5.41, 5.74) is 3.51. The predicted molar refractivity (Wildman–Crippen MR) is 166 cm³/mol. The number of carbonyl (C=O) groups excluding carboxylic acids is 3. The second-order valence-electron chi connectivity index (χ2n) is 9.92. The number of ether oxygens (including phenoxy) is 2. The summed E-state index contributed by atoms with van der Waals surface area (Å²) in [6, 6.07) is 6.11. The number of hydrogen-bond donors (Lipinski definition) is 5. The first kappa shape index (κ1) is 35.7. The van der Waals surface area contributed by atoms with Gasteiger partial charge in [0.25, 0.3) is 0 Å². The molecule has 1 heterocycles. The molecule has 2 aromatic rings. The van der Waals surface area contributed by atoms with E-state index in [1.165, 1.54) is 5.01 Å². The van der Waals surface area contributed by atoms with Crippen LogP contribution in [-0.2, 0) is 25.6 Å². The molecule has 0 saturated carbocycles. The molecule has 0 saturated heterocycles. The Morgan fingerprint density at radius 3 is 2.37 bits per heavy atom. The van der Waals surface area contributed by atoms with Gasteiger partial charge in [-0.15, -0.1) is 11.3 Å². The molecule has 2 rings (SSSR count). The molecule has 1 aromatic heterocycles. The van der Waals surface area contributed by atoms with Gasteiger partial charge in [0.05, 0.1) is 12.6 Å². The summed E-state index contributed by atoms with van der Waals surface area (Å²) in [6.07, 6.45) is -0.568. The van der Waals surface area contributed by atoms with Crippen molar-refractivity contribution < 1.29 is 33.8 Å². The van der Waals surface area contributed by atoms with Crippen LogP contribution in [0.25, 0.3) is 10.1 Å². The van der Waals surface area contributed by atoms with Crippen LogP contribution in [0.15, 0.2) is 29.6 Å².